The number of aromatic nitrogens is 1. The summed E-state index contributed by atoms with van der Waals surface area (Å²) in [5.41, 5.74) is 13.0. The zero-order valence-corrected chi connectivity index (χ0v) is 20.5. The van der Waals surface area contributed by atoms with Crippen molar-refractivity contribution in [2.75, 3.05) is 0 Å². The van der Waals surface area contributed by atoms with Gasteiger partial charge in [-0.2, -0.15) is 0 Å². The third-order valence-corrected chi connectivity index (χ3v) is 5.56. The number of nitrogens with two attached hydrogens (primary N) is 2. The van der Waals surface area contributed by atoms with Crippen molar-refractivity contribution in [3.05, 3.63) is 36.0 Å². The van der Waals surface area contributed by atoms with Crippen molar-refractivity contribution in [1.29, 1.82) is 0 Å². The molecule has 196 valence electrons. The number of H-pyrrole nitrogens is 1. The summed E-state index contributed by atoms with van der Waals surface area (Å²) in [5, 5.41) is 17.5. The summed E-state index contributed by atoms with van der Waals surface area (Å²) in [5.74, 6) is -4.36. The molecule has 2 rings (SSSR count). The Morgan fingerprint density at radius 2 is 1.58 bits per heavy atom. The lowest BCUT2D eigenvalue weighted by Gasteiger charge is -2.23. The summed E-state index contributed by atoms with van der Waals surface area (Å²) < 4.78 is 0. The van der Waals surface area contributed by atoms with Gasteiger partial charge in [0.25, 0.3) is 0 Å². The van der Waals surface area contributed by atoms with Crippen LogP contribution >= 0.6 is 0 Å². The molecule has 0 radical (unpaired) electrons. The summed E-state index contributed by atoms with van der Waals surface area (Å²) >= 11 is 0. The van der Waals surface area contributed by atoms with Crippen LogP contribution in [0.5, 0.6) is 0 Å². The van der Waals surface area contributed by atoms with E-state index in [1.54, 1.807) is 20.0 Å². The van der Waals surface area contributed by atoms with Crippen molar-refractivity contribution in [2.24, 2.45) is 17.4 Å². The molecule has 1 heterocycles. The fourth-order valence-corrected chi connectivity index (χ4v) is 3.69. The summed E-state index contributed by atoms with van der Waals surface area (Å²) in [7, 11) is 0. The third-order valence-electron chi connectivity index (χ3n) is 5.56. The first-order valence-corrected chi connectivity index (χ1v) is 11.6. The molecule has 0 aliphatic rings. The van der Waals surface area contributed by atoms with Crippen LogP contribution in [-0.4, -0.2) is 63.9 Å². The van der Waals surface area contributed by atoms with Crippen LogP contribution in [-0.2, 0) is 30.4 Å². The maximum atomic E-state index is 12.7. The molecule has 12 nitrogen and oxygen atoms in total. The Labute approximate surface area is 208 Å². The predicted octanol–water partition coefficient (Wildman–Crippen LogP) is -0.482. The predicted molar refractivity (Wildman–Crippen MR) is 132 cm³/mol. The first-order valence-electron chi connectivity index (χ1n) is 11.6. The number of aliphatic carboxylic acids is 1. The quantitative estimate of drug-likeness (QED) is 0.191. The number of carboxylic acids is 1. The Balaban J connectivity index is 1.99. The van der Waals surface area contributed by atoms with Gasteiger partial charge in [0.2, 0.25) is 23.6 Å². The van der Waals surface area contributed by atoms with Gasteiger partial charge in [-0.1, -0.05) is 32.0 Å². The lowest BCUT2D eigenvalue weighted by atomic mass is 10.0. The molecule has 2 aromatic rings. The maximum absolute atomic E-state index is 12.7. The molecule has 12 heteroatoms. The molecule has 4 amide bonds. The number of para-hydroxylation sites is 1. The van der Waals surface area contributed by atoms with E-state index >= 15 is 0 Å². The van der Waals surface area contributed by atoms with Gasteiger partial charge in [0, 0.05) is 17.1 Å². The van der Waals surface area contributed by atoms with Gasteiger partial charge in [-0.3, -0.25) is 19.2 Å². The van der Waals surface area contributed by atoms with E-state index in [1.165, 1.54) is 6.92 Å². The van der Waals surface area contributed by atoms with Gasteiger partial charge in [0.1, 0.15) is 18.1 Å². The second-order valence-corrected chi connectivity index (χ2v) is 9.16. The highest BCUT2D eigenvalue weighted by Crippen LogP contribution is 2.18. The highest BCUT2D eigenvalue weighted by atomic mass is 16.4. The molecular formula is C24H34N6O6. The molecule has 0 fully saturated rings. The topological polar surface area (TPSA) is 209 Å². The molecule has 0 spiro atoms. The van der Waals surface area contributed by atoms with Gasteiger partial charge in [0.15, 0.2) is 0 Å². The van der Waals surface area contributed by atoms with Crippen LogP contribution in [0.1, 0.15) is 39.2 Å². The Bertz CT molecular complexity index is 1110. The summed E-state index contributed by atoms with van der Waals surface area (Å²) in [6.45, 7) is 4.97. The van der Waals surface area contributed by atoms with Gasteiger partial charge in [-0.15, -0.1) is 0 Å². The van der Waals surface area contributed by atoms with E-state index in [9.17, 15) is 29.1 Å². The standard InChI is InChI=1S/C24H34N6O6/c1-12(2)8-19(24(35)36)30-23(34)18(10-20(26)31)29-21(32)13(3)28-22(33)16(25)9-14-11-27-17-7-5-4-6-15(14)17/h4-7,11-13,16,18-19,27H,8-10,25H2,1-3H3,(H2,26,31)(H,28,33)(H,29,32)(H,30,34)(H,35,36). The molecular weight excluding hydrogens is 468 g/mol. The van der Waals surface area contributed by atoms with E-state index in [1.807, 2.05) is 24.3 Å². The number of fused-ring (bicyclic) bond motifs is 1. The number of aromatic amines is 1. The number of carbonyl (C=O) groups excluding carboxylic acids is 4. The molecule has 4 unspecified atom stereocenters. The van der Waals surface area contributed by atoms with E-state index in [0.29, 0.717) is 0 Å². The van der Waals surface area contributed by atoms with E-state index in [-0.39, 0.29) is 18.8 Å². The minimum Gasteiger partial charge on any atom is -0.480 e. The summed E-state index contributed by atoms with van der Waals surface area (Å²) in [4.78, 5) is 63.9. The Morgan fingerprint density at radius 1 is 0.944 bits per heavy atom. The van der Waals surface area contributed by atoms with Gasteiger partial charge in [0.05, 0.1) is 12.5 Å². The maximum Gasteiger partial charge on any atom is 0.326 e. The number of hydrogen-bond donors (Lipinski definition) is 7. The molecule has 1 aromatic carbocycles. The second-order valence-electron chi connectivity index (χ2n) is 9.16. The molecule has 4 atom stereocenters. The Kier molecular flexibility index (Phi) is 9.97. The normalized spacial score (nSPS) is 14.5. The minimum absolute atomic E-state index is 0.0284. The number of carbonyl (C=O) groups is 5. The lowest BCUT2D eigenvalue weighted by molar-refractivity contribution is -0.143. The zero-order chi connectivity index (χ0) is 27.0. The SMILES string of the molecule is CC(C)CC(NC(=O)C(CC(N)=O)NC(=O)C(C)NC(=O)C(N)Cc1c[nH]c2ccccc12)C(=O)O. The lowest BCUT2D eigenvalue weighted by Crippen LogP contribution is -2.57. The highest BCUT2D eigenvalue weighted by molar-refractivity contribution is 5.96. The first kappa shape index (κ1) is 28.3. The molecule has 0 saturated heterocycles. The Hall–Kier alpha value is -3.93. The Morgan fingerprint density at radius 3 is 2.19 bits per heavy atom. The summed E-state index contributed by atoms with van der Waals surface area (Å²) in [6.07, 6.45) is 1.60. The number of benzene rings is 1. The van der Waals surface area contributed by atoms with E-state index in [2.05, 4.69) is 20.9 Å². The average Bonchev–Trinajstić information content (AvgIpc) is 3.20. The van der Waals surface area contributed by atoms with Crippen molar-refractivity contribution in [1.82, 2.24) is 20.9 Å². The minimum atomic E-state index is -1.41. The van der Waals surface area contributed by atoms with Crippen LogP contribution in [0.25, 0.3) is 10.9 Å². The van der Waals surface area contributed by atoms with Crippen LogP contribution in [0, 0.1) is 5.92 Å². The van der Waals surface area contributed by atoms with Gasteiger partial charge in [-0.05, 0) is 37.3 Å². The number of hydrogen-bond acceptors (Lipinski definition) is 6. The fourth-order valence-electron chi connectivity index (χ4n) is 3.69. The van der Waals surface area contributed by atoms with E-state index in [0.717, 1.165) is 16.5 Å². The van der Waals surface area contributed by atoms with Crippen LogP contribution < -0.4 is 27.4 Å². The largest absolute Gasteiger partial charge is 0.480 e. The molecule has 0 aliphatic heterocycles. The number of nitrogens with one attached hydrogen (secondary N) is 4. The third kappa shape index (κ3) is 8.08. The number of primary amides is 1. The van der Waals surface area contributed by atoms with Crippen LogP contribution in [0.4, 0.5) is 0 Å². The van der Waals surface area contributed by atoms with Crippen LogP contribution in [0.3, 0.4) is 0 Å². The second kappa shape index (κ2) is 12.7. The zero-order valence-electron chi connectivity index (χ0n) is 20.5. The number of rotatable bonds is 13. The van der Waals surface area contributed by atoms with Gasteiger partial charge < -0.3 is 37.5 Å². The van der Waals surface area contributed by atoms with Gasteiger partial charge >= 0.3 is 5.97 Å². The summed E-state index contributed by atoms with van der Waals surface area (Å²) in [6, 6.07) is 2.90. The van der Waals surface area contributed by atoms with Crippen molar-refractivity contribution < 1.29 is 29.1 Å². The molecule has 0 aliphatic carbocycles. The molecule has 36 heavy (non-hydrogen) atoms. The number of amides is 4. The fraction of sp³-hybridized carbons (Fsp3) is 0.458. The van der Waals surface area contributed by atoms with Crippen LogP contribution in [0.2, 0.25) is 0 Å². The molecule has 9 N–H and O–H groups in total. The smallest absolute Gasteiger partial charge is 0.326 e. The molecule has 0 saturated carbocycles. The van der Waals surface area contributed by atoms with E-state index < -0.39 is 60.2 Å². The van der Waals surface area contributed by atoms with Crippen molar-refractivity contribution >= 4 is 40.5 Å². The highest BCUT2D eigenvalue weighted by Gasteiger charge is 2.30. The molecule has 1 aromatic heterocycles. The van der Waals surface area contributed by atoms with Crippen LogP contribution in [0.15, 0.2) is 30.5 Å². The molecule has 0 bridgehead atoms. The number of carboxylic acid groups (broad SMARTS) is 1. The van der Waals surface area contributed by atoms with Gasteiger partial charge in [-0.25, -0.2) is 4.79 Å². The first-order chi connectivity index (χ1) is 16.9. The average molecular weight is 503 g/mol. The van der Waals surface area contributed by atoms with E-state index in [4.69, 9.17) is 11.5 Å². The van der Waals surface area contributed by atoms with Crippen molar-refractivity contribution in [2.45, 2.75) is 64.2 Å². The van der Waals surface area contributed by atoms with Crippen molar-refractivity contribution in [3.8, 4) is 0 Å². The monoisotopic (exact) mass is 502 g/mol. The van der Waals surface area contributed by atoms with Crippen molar-refractivity contribution in [3.63, 3.8) is 0 Å².